The summed E-state index contributed by atoms with van der Waals surface area (Å²) in [6, 6.07) is 9.73. The Morgan fingerprint density at radius 2 is 1.86 bits per heavy atom. The molecule has 0 aromatic heterocycles. The maximum Gasteiger partial charge on any atom is 0.303 e. The fourth-order valence-electron chi connectivity index (χ4n) is 4.14. The number of carboxylic acid groups (broad SMARTS) is 1. The summed E-state index contributed by atoms with van der Waals surface area (Å²) in [5, 5.41) is 29.4. The number of rotatable bonds is 5. The van der Waals surface area contributed by atoms with Gasteiger partial charge >= 0.3 is 5.97 Å². The van der Waals surface area contributed by atoms with Crippen molar-refractivity contribution in [1.29, 1.82) is 10.5 Å². The second-order valence-corrected chi connectivity index (χ2v) is 7.32. The van der Waals surface area contributed by atoms with Gasteiger partial charge in [0.2, 0.25) is 0 Å². The number of carbonyl (C=O) groups excluding carboxylic acids is 1. The second-order valence-electron chi connectivity index (χ2n) is 7.32. The van der Waals surface area contributed by atoms with Crippen molar-refractivity contribution in [2.24, 2.45) is 5.92 Å². The molecule has 144 valence electrons. The van der Waals surface area contributed by atoms with Crippen LogP contribution in [0.5, 0.6) is 0 Å². The van der Waals surface area contributed by atoms with Gasteiger partial charge in [-0.05, 0) is 55.2 Å². The molecule has 1 aromatic rings. The Morgan fingerprint density at radius 3 is 2.43 bits per heavy atom. The molecule has 2 aliphatic rings. The standard InChI is InChI=1S/C21H22N4O3/c22-12-18-19(24-13-23)9-10-25(21(18)28)17-7-5-16(6-8-17)15-3-1-14(2-4-15)11-20(26)27/h5-8,14-15,24H,1-4,9-11H2,(H,26,27). The molecule has 1 aromatic carbocycles. The minimum Gasteiger partial charge on any atom is -0.481 e. The summed E-state index contributed by atoms with van der Waals surface area (Å²) in [6.07, 6.45) is 6.25. The van der Waals surface area contributed by atoms with E-state index in [0.717, 1.165) is 31.4 Å². The van der Waals surface area contributed by atoms with E-state index < -0.39 is 11.9 Å². The van der Waals surface area contributed by atoms with E-state index in [0.29, 0.717) is 24.6 Å². The molecule has 0 unspecified atom stereocenters. The molecule has 7 heteroatoms. The maximum atomic E-state index is 12.6. The molecule has 0 bridgehead atoms. The van der Waals surface area contributed by atoms with E-state index in [4.69, 9.17) is 10.4 Å². The lowest BCUT2D eigenvalue weighted by atomic mass is 9.77. The van der Waals surface area contributed by atoms with Crippen molar-refractivity contribution in [3.8, 4) is 12.3 Å². The average Bonchev–Trinajstić information content (AvgIpc) is 2.69. The van der Waals surface area contributed by atoms with Crippen LogP contribution in [0.25, 0.3) is 0 Å². The third-order valence-corrected chi connectivity index (χ3v) is 5.65. The predicted molar refractivity (Wildman–Crippen MR) is 102 cm³/mol. The first-order chi connectivity index (χ1) is 13.5. The molecule has 1 aliphatic heterocycles. The minimum absolute atomic E-state index is 0.0198. The topological polar surface area (TPSA) is 117 Å². The maximum absolute atomic E-state index is 12.6. The fraction of sp³-hybridized carbons (Fsp3) is 0.429. The predicted octanol–water partition coefficient (Wildman–Crippen LogP) is 3.02. The first-order valence-corrected chi connectivity index (χ1v) is 9.45. The lowest BCUT2D eigenvalue weighted by Gasteiger charge is -2.30. The largest absolute Gasteiger partial charge is 0.481 e. The third kappa shape index (κ3) is 4.15. The summed E-state index contributed by atoms with van der Waals surface area (Å²) in [5.74, 6) is -0.435. The first kappa shape index (κ1) is 19.4. The van der Waals surface area contributed by atoms with Gasteiger partial charge < -0.3 is 10.0 Å². The van der Waals surface area contributed by atoms with Gasteiger partial charge in [-0.15, -0.1) is 0 Å². The van der Waals surface area contributed by atoms with Gasteiger partial charge in [0.15, 0.2) is 6.19 Å². The molecule has 1 heterocycles. The molecule has 7 nitrogen and oxygen atoms in total. The normalized spacial score (nSPS) is 22.4. The van der Waals surface area contributed by atoms with Gasteiger partial charge in [0.25, 0.3) is 5.91 Å². The number of nitrogens with zero attached hydrogens (tertiary/aromatic N) is 3. The molecule has 0 saturated heterocycles. The molecule has 1 fully saturated rings. The van der Waals surface area contributed by atoms with Crippen molar-refractivity contribution in [2.45, 2.75) is 44.4 Å². The Balaban J connectivity index is 1.67. The van der Waals surface area contributed by atoms with Gasteiger partial charge in [-0.1, -0.05) is 12.1 Å². The van der Waals surface area contributed by atoms with E-state index in [1.54, 1.807) is 11.1 Å². The number of aliphatic carboxylic acids is 1. The molecular formula is C21H22N4O3. The number of carbonyl (C=O) groups is 2. The fourth-order valence-corrected chi connectivity index (χ4v) is 4.14. The van der Waals surface area contributed by atoms with Crippen LogP contribution >= 0.6 is 0 Å². The van der Waals surface area contributed by atoms with Crippen molar-refractivity contribution in [3.05, 3.63) is 41.1 Å². The summed E-state index contributed by atoms with van der Waals surface area (Å²) in [5.41, 5.74) is 2.29. The van der Waals surface area contributed by atoms with Gasteiger partial charge in [-0.3, -0.25) is 14.9 Å². The van der Waals surface area contributed by atoms with Crippen LogP contribution in [0.15, 0.2) is 35.5 Å². The zero-order chi connectivity index (χ0) is 20.1. The number of anilines is 1. The number of carboxylic acids is 1. The van der Waals surface area contributed by atoms with E-state index in [1.165, 1.54) is 5.56 Å². The first-order valence-electron chi connectivity index (χ1n) is 9.45. The zero-order valence-corrected chi connectivity index (χ0v) is 15.5. The van der Waals surface area contributed by atoms with Crippen molar-refractivity contribution in [2.75, 3.05) is 11.4 Å². The van der Waals surface area contributed by atoms with Gasteiger partial charge in [0.05, 0.1) is 5.70 Å². The van der Waals surface area contributed by atoms with Gasteiger partial charge in [0, 0.05) is 25.1 Å². The van der Waals surface area contributed by atoms with Crippen molar-refractivity contribution < 1.29 is 14.7 Å². The van der Waals surface area contributed by atoms with Crippen LogP contribution < -0.4 is 10.2 Å². The molecule has 0 radical (unpaired) electrons. The lowest BCUT2D eigenvalue weighted by molar-refractivity contribution is -0.138. The molecule has 1 aliphatic carbocycles. The highest BCUT2D eigenvalue weighted by Gasteiger charge is 2.29. The number of hydrogen-bond donors (Lipinski definition) is 2. The number of nitriles is 2. The molecule has 2 N–H and O–H groups in total. The Kier molecular flexibility index (Phi) is 5.96. The number of hydrogen-bond acceptors (Lipinski definition) is 5. The van der Waals surface area contributed by atoms with Crippen molar-refractivity contribution >= 4 is 17.6 Å². The third-order valence-electron chi connectivity index (χ3n) is 5.65. The van der Waals surface area contributed by atoms with Crippen molar-refractivity contribution in [1.82, 2.24) is 5.32 Å². The Labute approximate surface area is 163 Å². The van der Waals surface area contributed by atoms with Crippen LogP contribution in [-0.4, -0.2) is 23.5 Å². The van der Waals surface area contributed by atoms with Crippen LogP contribution in [0.1, 0.15) is 50.0 Å². The Hall–Kier alpha value is -3.32. The molecule has 3 rings (SSSR count). The summed E-state index contributed by atoms with van der Waals surface area (Å²) in [7, 11) is 0. The van der Waals surface area contributed by atoms with Gasteiger partial charge in [-0.25, -0.2) is 0 Å². The van der Waals surface area contributed by atoms with E-state index in [2.05, 4.69) is 5.32 Å². The van der Waals surface area contributed by atoms with Crippen LogP contribution in [0.4, 0.5) is 5.69 Å². The minimum atomic E-state index is -0.724. The Bertz CT molecular complexity index is 868. The summed E-state index contributed by atoms with van der Waals surface area (Å²) >= 11 is 0. The van der Waals surface area contributed by atoms with Crippen LogP contribution in [0, 0.1) is 28.7 Å². The summed E-state index contributed by atoms with van der Waals surface area (Å²) in [4.78, 5) is 25.0. The van der Waals surface area contributed by atoms with E-state index >= 15 is 0 Å². The number of nitrogens with one attached hydrogen (secondary N) is 1. The monoisotopic (exact) mass is 378 g/mol. The van der Waals surface area contributed by atoms with Crippen molar-refractivity contribution in [3.63, 3.8) is 0 Å². The van der Waals surface area contributed by atoms with Gasteiger partial charge in [0.1, 0.15) is 11.6 Å². The van der Waals surface area contributed by atoms with Gasteiger partial charge in [-0.2, -0.15) is 10.5 Å². The van der Waals surface area contributed by atoms with E-state index in [-0.39, 0.29) is 17.9 Å². The molecule has 1 amide bonds. The van der Waals surface area contributed by atoms with E-state index in [1.807, 2.05) is 30.3 Å². The smallest absolute Gasteiger partial charge is 0.303 e. The van der Waals surface area contributed by atoms with Crippen LogP contribution in [0.3, 0.4) is 0 Å². The second kappa shape index (κ2) is 8.58. The highest BCUT2D eigenvalue weighted by atomic mass is 16.4. The van der Waals surface area contributed by atoms with Crippen LogP contribution in [0.2, 0.25) is 0 Å². The summed E-state index contributed by atoms with van der Waals surface area (Å²) < 4.78 is 0. The highest BCUT2D eigenvalue weighted by Crippen LogP contribution is 2.37. The zero-order valence-electron chi connectivity index (χ0n) is 15.5. The SMILES string of the molecule is N#CNC1=C(C#N)C(=O)N(c2ccc(C3CCC(CC(=O)O)CC3)cc2)CC1. The average molecular weight is 378 g/mol. The Morgan fingerprint density at radius 1 is 1.18 bits per heavy atom. The summed E-state index contributed by atoms with van der Waals surface area (Å²) in [6.45, 7) is 0.410. The van der Waals surface area contributed by atoms with Crippen LogP contribution in [-0.2, 0) is 9.59 Å². The molecule has 1 saturated carbocycles. The molecule has 0 spiro atoms. The highest BCUT2D eigenvalue weighted by molar-refractivity contribution is 6.09. The van der Waals surface area contributed by atoms with E-state index in [9.17, 15) is 14.9 Å². The molecule has 0 atom stereocenters. The number of benzene rings is 1. The molecular weight excluding hydrogens is 356 g/mol. The number of amides is 1. The molecule has 28 heavy (non-hydrogen) atoms. The quantitative estimate of drug-likeness (QED) is 0.601. The lowest BCUT2D eigenvalue weighted by Crippen LogP contribution is -2.39.